The number of nitrogens with zero attached hydrogens (tertiary/aromatic N) is 1. The van der Waals surface area contributed by atoms with Crippen LogP contribution in [-0.4, -0.2) is 12.0 Å². The smallest absolute Gasteiger partial charge is 0.0755 e. The molecule has 3 rings (SSSR count). The monoisotopic (exact) mass is 248 g/mol. The second kappa shape index (κ2) is 5.21. The first kappa shape index (κ1) is 11.9. The molecule has 1 unspecified atom stereocenters. The van der Waals surface area contributed by atoms with Gasteiger partial charge in [0.1, 0.15) is 0 Å². The Balaban J connectivity index is 2.17. The molecule has 0 bridgehead atoms. The number of fused-ring (bicyclic) bond motifs is 1. The minimum atomic E-state index is 0.118. The van der Waals surface area contributed by atoms with E-state index in [0.29, 0.717) is 0 Å². The summed E-state index contributed by atoms with van der Waals surface area (Å²) in [7, 11) is 1.97. The molecular formula is C17H16N2. The fourth-order valence-electron chi connectivity index (χ4n) is 2.51. The number of nitrogens with one attached hydrogen (secondary N) is 1. The first-order valence-electron chi connectivity index (χ1n) is 6.46. The van der Waals surface area contributed by atoms with Crippen molar-refractivity contribution in [3.63, 3.8) is 0 Å². The van der Waals surface area contributed by atoms with Crippen molar-refractivity contribution in [1.29, 1.82) is 0 Å². The molecule has 0 spiro atoms. The average molecular weight is 248 g/mol. The third-order valence-electron chi connectivity index (χ3n) is 3.41. The lowest BCUT2D eigenvalue weighted by Crippen LogP contribution is -2.19. The molecule has 0 aliphatic carbocycles. The van der Waals surface area contributed by atoms with Crippen molar-refractivity contribution in [1.82, 2.24) is 10.3 Å². The SMILES string of the molecule is CNC(c1ccccn1)c1cccc2ccccc12. The fraction of sp³-hybridized carbons (Fsp3) is 0.118. The maximum absolute atomic E-state index is 4.47. The van der Waals surface area contributed by atoms with Gasteiger partial charge in [0.2, 0.25) is 0 Å². The highest BCUT2D eigenvalue weighted by atomic mass is 14.9. The maximum atomic E-state index is 4.47. The molecule has 94 valence electrons. The standard InChI is InChI=1S/C17H16N2/c1-18-17(16-11-4-5-12-19-16)15-10-6-8-13-7-2-3-9-14(13)15/h2-12,17-18H,1H3. The molecule has 1 N–H and O–H groups in total. The summed E-state index contributed by atoms with van der Waals surface area (Å²) in [5.74, 6) is 0. The van der Waals surface area contributed by atoms with Gasteiger partial charge >= 0.3 is 0 Å². The molecule has 0 aliphatic rings. The second-order valence-corrected chi connectivity index (χ2v) is 4.54. The number of aromatic nitrogens is 1. The van der Waals surface area contributed by atoms with Gasteiger partial charge in [-0.2, -0.15) is 0 Å². The molecule has 1 aromatic heterocycles. The minimum absolute atomic E-state index is 0.118. The Bertz CT molecular complexity index is 672. The summed E-state index contributed by atoms with van der Waals surface area (Å²) in [4.78, 5) is 4.47. The van der Waals surface area contributed by atoms with Gasteiger partial charge in [-0.05, 0) is 35.5 Å². The van der Waals surface area contributed by atoms with Crippen molar-refractivity contribution in [3.8, 4) is 0 Å². The summed E-state index contributed by atoms with van der Waals surface area (Å²) < 4.78 is 0. The van der Waals surface area contributed by atoms with Crippen LogP contribution in [0.5, 0.6) is 0 Å². The number of rotatable bonds is 3. The lowest BCUT2D eigenvalue weighted by atomic mass is 9.96. The first-order chi connectivity index (χ1) is 9.40. The third-order valence-corrected chi connectivity index (χ3v) is 3.41. The molecule has 2 heteroatoms. The normalized spacial score (nSPS) is 12.5. The Morgan fingerprint density at radius 1 is 0.895 bits per heavy atom. The lowest BCUT2D eigenvalue weighted by Gasteiger charge is -2.18. The summed E-state index contributed by atoms with van der Waals surface area (Å²) >= 11 is 0. The van der Waals surface area contributed by atoms with E-state index in [2.05, 4.69) is 58.8 Å². The van der Waals surface area contributed by atoms with Crippen LogP contribution in [0.15, 0.2) is 66.9 Å². The molecule has 1 heterocycles. The molecule has 0 amide bonds. The number of hydrogen-bond donors (Lipinski definition) is 1. The van der Waals surface area contributed by atoms with Crippen LogP contribution in [-0.2, 0) is 0 Å². The molecular weight excluding hydrogens is 232 g/mol. The van der Waals surface area contributed by atoms with Crippen molar-refractivity contribution in [2.75, 3.05) is 7.05 Å². The van der Waals surface area contributed by atoms with Gasteiger partial charge in [-0.1, -0.05) is 48.5 Å². The van der Waals surface area contributed by atoms with Crippen LogP contribution in [0, 0.1) is 0 Å². The van der Waals surface area contributed by atoms with Crippen LogP contribution in [0.3, 0.4) is 0 Å². The van der Waals surface area contributed by atoms with Crippen molar-refractivity contribution in [3.05, 3.63) is 78.1 Å². The third kappa shape index (κ3) is 2.23. The van der Waals surface area contributed by atoms with Gasteiger partial charge < -0.3 is 5.32 Å². The Kier molecular flexibility index (Phi) is 3.25. The molecule has 0 saturated heterocycles. The van der Waals surface area contributed by atoms with E-state index in [4.69, 9.17) is 0 Å². The zero-order valence-electron chi connectivity index (χ0n) is 10.9. The van der Waals surface area contributed by atoms with E-state index in [1.54, 1.807) is 0 Å². The zero-order chi connectivity index (χ0) is 13.1. The fourth-order valence-corrected chi connectivity index (χ4v) is 2.51. The predicted molar refractivity (Wildman–Crippen MR) is 79.1 cm³/mol. The van der Waals surface area contributed by atoms with Crippen molar-refractivity contribution in [2.45, 2.75) is 6.04 Å². The molecule has 3 aromatic rings. The van der Waals surface area contributed by atoms with Crippen molar-refractivity contribution in [2.24, 2.45) is 0 Å². The second-order valence-electron chi connectivity index (χ2n) is 4.54. The molecule has 0 fully saturated rings. The highest BCUT2D eigenvalue weighted by molar-refractivity contribution is 5.86. The van der Waals surface area contributed by atoms with Gasteiger partial charge in [0.05, 0.1) is 11.7 Å². The average Bonchev–Trinajstić information content (AvgIpc) is 2.49. The van der Waals surface area contributed by atoms with Gasteiger partial charge in [0.15, 0.2) is 0 Å². The van der Waals surface area contributed by atoms with E-state index in [-0.39, 0.29) is 6.04 Å². The summed E-state index contributed by atoms with van der Waals surface area (Å²) in [6, 6.07) is 21.0. The van der Waals surface area contributed by atoms with Crippen LogP contribution in [0.25, 0.3) is 10.8 Å². The van der Waals surface area contributed by atoms with E-state index >= 15 is 0 Å². The maximum Gasteiger partial charge on any atom is 0.0755 e. The number of benzene rings is 2. The Labute approximate surface area is 113 Å². The summed E-state index contributed by atoms with van der Waals surface area (Å²) in [6.45, 7) is 0. The molecule has 1 atom stereocenters. The molecule has 19 heavy (non-hydrogen) atoms. The summed E-state index contributed by atoms with van der Waals surface area (Å²) in [5.41, 5.74) is 2.31. The largest absolute Gasteiger partial charge is 0.308 e. The van der Waals surface area contributed by atoms with E-state index in [1.807, 2.05) is 25.4 Å². The number of hydrogen-bond acceptors (Lipinski definition) is 2. The van der Waals surface area contributed by atoms with Crippen molar-refractivity contribution < 1.29 is 0 Å². The minimum Gasteiger partial charge on any atom is -0.308 e. The molecule has 2 nitrogen and oxygen atoms in total. The van der Waals surface area contributed by atoms with Crippen LogP contribution >= 0.6 is 0 Å². The topological polar surface area (TPSA) is 24.9 Å². The zero-order valence-corrected chi connectivity index (χ0v) is 10.9. The molecule has 0 aliphatic heterocycles. The van der Waals surface area contributed by atoms with E-state index in [0.717, 1.165) is 5.69 Å². The van der Waals surface area contributed by atoms with E-state index in [1.165, 1.54) is 16.3 Å². The van der Waals surface area contributed by atoms with E-state index < -0.39 is 0 Å². The van der Waals surface area contributed by atoms with Gasteiger partial charge in [-0.3, -0.25) is 4.98 Å². The Hall–Kier alpha value is -2.19. The Morgan fingerprint density at radius 3 is 2.47 bits per heavy atom. The van der Waals surface area contributed by atoms with Gasteiger partial charge in [-0.15, -0.1) is 0 Å². The molecule has 2 aromatic carbocycles. The predicted octanol–water partition coefficient (Wildman–Crippen LogP) is 3.54. The quantitative estimate of drug-likeness (QED) is 0.766. The lowest BCUT2D eigenvalue weighted by molar-refractivity contribution is 0.676. The van der Waals surface area contributed by atoms with Crippen molar-refractivity contribution >= 4 is 10.8 Å². The first-order valence-corrected chi connectivity index (χ1v) is 6.46. The molecule has 0 radical (unpaired) electrons. The number of pyridine rings is 1. The van der Waals surface area contributed by atoms with Crippen LogP contribution in [0.1, 0.15) is 17.3 Å². The van der Waals surface area contributed by atoms with E-state index in [9.17, 15) is 0 Å². The highest BCUT2D eigenvalue weighted by Crippen LogP contribution is 2.27. The van der Waals surface area contributed by atoms with Gasteiger partial charge in [0, 0.05) is 6.20 Å². The van der Waals surface area contributed by atoms with Crippen LogP contribution < -0.4 is 5.32 Å². The van der Waals surface area contributed by atoms with Crippen LogP contribution in [0.2, 0.25) is 0 Å². The summed E-state index contributed by atoms with van der Waals surface area (Å²) in [5, 5.41) is 5.90. The van der Waals surface area contributed by atoms with Crippen LogP contribution in [0.4, 0.5) is 0 Å². The summed E-state index contributed by atoms with van der Waals surface area (Å²) in [6.07, 6.45) is 1.84. The van der Waals surface area contributed by atoms with Gasteiger partial charge in [0.25, 0.3) is 0 Å². The van der Waals surface area contributed by atoms with Gasteiger partial charge in [-0.25, -0.2) is 0 Å². The highest BCUT2D eigenvalue weighted by Gasteiger charge is 2.15. The molecule has 0 saturated carbocycles. The Morgan fingerprint density at radius 2 is 1.68 bits per heavy atom.